The van der Waals surface area contributed by atoms with E-state index in [4.69, 9.17) is 23.9 Å². The molecule has 24 heavy (non-hydrogen) atoms. The molecule has 0 bridgehead atoms. The van der Waals surface area contributed by atoms with Gasteiger partial charge in [0.15, 0.2) is 11.5 Å². The van der Waals surface area contributed by atoms with E-state index >= 15 is 0 Å². The van der Waals surface area contributed by atoms with Gasteiger partial charge >= 0.3 is 0 Å². The van der Waals surface area contributed by atoms with Gasteiger partial charge in [0.05, 0.1) is 26.9 Å². The summed E-state index contributed by atoms with van der Waals surface area (Å²) in [5, 5.41) is 0. The Labute approximate surface area is 145 Å². The summed E-state index contributed by atoms with van der Waals surface area (Å²) < 4.78 is 22.6. The van der Waals surface area contributed by atoms with Gasteiger partial charge in [0.2, 0.25) is 11.6 Å². The van der Waals surface area contributed by atoms with E-state index in [0.29, 0.717) is 29.8 Å². The Morgan fingerprint density at radius 3 is 2.29 bits per heavy atom. The molecule has 0 radical (unpaired) electrons. The van der Waals surface area contributed by atoms with Crippen molar-refractivity contribution < 1.29 is 18.9 Å². The van der Waals surface area contributed by atoms with Crippen LogP contribution in [0.5, 0.6) is 17.2 Å². The van der Waals surface area contributed by atoms with Gasteiger partial charge in [-0.05, 0) is 32.8 Å². The van der Waals surface area contributed by atoms with Gasteiger partial charge in [0.1, 0.15) is 6.61 Å². The van der Waals surface area contributed by atoms with E-state index in [-0.39, 0.29) is 5.54 Å². The Hall–Kier alpha value is -1.91. The van der Waals surface area contributed by atoms with Crippen molar-refractivity contribution in [1.82, 2.24) is 0 Å². The summed E-state index contributed by atoms with van der Waals surface area (Å²) in [5.74, 6) is 2.61. The average Bonchev–Trinajstić information content (AvgIpc) is 2.93. The molecule has 1 aromatic rings. The second-order valence-corrected chi connectivity index (χ2v) is 6.65. The number of methoxy groups -OCH3 is 3. The van der Waals surface area contributed by atoms with Crippen LogP contribution in [0.2, 0.25) is 0 Å². The molecule has 2 rings (SSSR count). The number of unbranched alkanes of at least 4 members (excludes halogenated alkanes) is 2. The molecule has 0 unspecified atom stereocenters. The molecule has 1 heterocycles. The molecule has 0 saturated carbocycles. The van der Waals surface area contributed by atoms with Crippen molar-refractivity contribution in [3.63, 3.8) is 0 Å². The summed E-state index contributed by atoms with van der Waals surface area (Å²) >= 11 is 0. The van der Waals surface area contributed by atoms with Crippen molar-refractivity contribution in [3.8, 4) is 17.2 Å². The molecule has 0 aliphatic carbocycles. The number of benzene rings is 1. The summed E-state index contributed by atoms with van der Waals surface area (Å²) in [6.07, 6.45) is 4.28. The number of hydrogen-bond donors (Lipinski definition) is 0. The van der Waals surface area contributed by atoms with Crippen LogP contribution in [-0.2, 0) is 11.2 Å². The van der Waals surface area contributed by atoms with Crippen molar-refractivity contribution in [2.24, 2.45) is 4.99 Å². The maximum atomic E-state index is 5.87. The predicted octanol–water partition coefficient (Wildman–Crippen LogP) is 4.00. The van der Waals surface area contributed by atoms with E-state index in [1.807, 2.05) is 6.07 Å². The van der Waals surface area contributed by atoms with E-state index in [1.54, 1.807) is 21.3 Å². The van der Waals surface area contributed by atoms with Crippen LogP contribution in [0, 0.1) is 0 Å². The van der Waals surface area contributed by atoms with Crippen LogP contribution in [0.4, 0.5) is 0 Å². The van der Waals surface area contributed by atoms with Crippen molar-refractivity contribution in [2.45, 2.75) is 52.0 Å². The first-order chi connectivity index (χ1) is 11.5. The van der Waals surface area contributed by atoms with Crippen molar-refractivity contribution in [2.75, 3.05) is 27.9 Å². The van der Waals surface area contributed by atoms with E-state index in [2.05, 4.69) is 20.8 Å². The molecule has 1 aromatic carbocycles. The highest BCUT2D eigenvalue weighted by Gasteiger charge is 2.31. The number of ether oxygens (including phenoxy) is 4. The Balaban J connectivity index is 2.58. The van der Waals surface area contributed by atoms with Gasteiger partial charge in [-0.25, -0.2) is 4.99 Å². The molecular weight excluding hydrogens is 306 g/mol. The largest absolute Gasteiger partial charge is 0.493 e. The highest BCUT2D eigenvalue weighted by Crippen LogP contribution is 2.43. The Morgan fingerprint density at radius 2 is 1.79 bits per heavy atom. The molecule has 0 atom stereocenters. The predicted molar refractivity (Wildman–Crippen MR) is 95.9 cm³/mol. The first-order valence-electron chi connectivity index (χ1n) is 8.52. The fourth-order valence-corrected chi connectivity index (χ4v) is 2.93. The molecular formula is C19H29NO4. The molecule has 5 heteroatoms. The highest BCUT2D eigenvalue weighted by atomic mass is 16.5. The van der Waals surface area contributed by atoms with Crippen LogP contribution < -0.4 is 14.2 Å². The van der Waals surface area contributed by atoms with Crippen molar-refractivity contribution >= 4 is 5.90 Å². The van der Waals surface area contributed by atoms with Gasteiger partial charge in [0, 0.05) is 11.1 Å². The number of aliphatic imine (C=N–C) groups is 1. The van der Waals surface area contributed by atoms with Crippen LogP contribution in [0.25, 0.3) is 0 Å². The van der Waals surface area contributed by atoms with E-state index < -0.39 is 0 Å². The minimum absolute atomic E-state index is 0.212. The maximum Gasteiger partial charge on any atom is 0.217 e. The standard InChI is InChI=1S/C19H29NO4/c1-7-8-9-10-13-14(18-20-19(2,3)12-24-18)11-15(21-4)17(23-6)16(13)22-5/h11H,7-10,12H2,1-6H3. The minimum Gasteiger partial charge on any atom is -0.493 e. The first kappa shape index (κ1) is 18.4. The van der Waals surface area contributed by atoms with Crippen LogP contribution in [0.15, 0.2) is 11.1 Å². The molecule has 0 amide bonds. The monoisotopic (exact) mass is 335 g/mol. The topological polar surface area (TPSA) is 49.3 Å². The molecule has 1 aliphatic heterocycles. The first-order valence-corrected chi connectivity index (χ1v) is 8.52. The third-order valence-electron chi connectivity index (χ3n) is 4.16. The van der Waals surface area contributed by atoms with E-state index in [1.165, 1.54) is 0 Å². The van der Waals surface area contributed by atoms with E-state index in [0.717, 1.165) is 36.8 Å². The lowest BCUT2D eigenvalue weighted by atomic mass is 9.98. The molecule has 0 saturated heterocycles. The third-order valence-corrected chi connectivity index (χ3v) is 4.16. The van der Waals surface area contributed by atoms with Crippen LogP contribution in [0.1, 0.15) is 51.2 Å². The summed E-state index contributed by atoms with van der Waals surface area (Å²) in [6.45, 7) is 6.90. The summed E-state index contributed by atoms with van der Waals surface area (Å²) in [5.41, 5.74) is 1.79. The summed E-state index contributed by atoms with van der Waals surface area (Å²) in [7, 11) is 4.91. The zero-order valence-corrected chi connectivity index (χ0v) is 15.7. The quantitative estimate of drug-likeness (QED) is 0.674. The maximum absolute atomic E-state index is 5.87. The third kappa shape index (κ3) is 3.77. The average molecular weight is 335 g/mol. The van der Waals surface area contributed by atoms with Gasteiger partial charge in [-0.3, -0.25) is 0 Å². The van der Waals surface area contributed by atoms with Gasteiger partial charge in [-0.1, -0.05) is 19.8 Å². The zero-order valence-electron chi connectivity index (χ0n) is 15.7. The molecule has 5 nitrogen and oxygen atoms in total. The van der Waals surface area contributed by atoms with E-state index in [9.17, 15) is 0 Å². The minimum atomic E-state index is -0.212. The fourth-order valence-electron chi connectivity index (χ4n) is 2.93. The van der Waals surface area contributed by atoms with Gasteiger partial charge in [0.25, 0.3) is 0 Å². The molecule has 0 N–H and O–H groups in total. The second kappa shape index (κ2) is 7.77. The Morgan fingerprint density at radius 1 is 1.08 bits per heavy atom. The fraction of sp³-hybridized carbons (Fsp3) is 0.632. The molecule has 0 aromatic heterocycles. The SMILES string of the molecule is CCCCCc1c(C2=NC(C)(C)CO2)cc(OC)c(OC)c1OC. The number of rotatable bonds is 8. The van der Waals surface area contributed by atoms with Crippen LogP contribution in [0.3, 0.4) is 0 Å². The van der Waals surface area contributed by atoms with Crippen LogP contribution in [-0.4, -0.2) is 39.4 Å². The number of hydrogen-bond acceptors (Lipinski definition) is 5. The van der Waals surface area contributed by atoms with Crippen molar-refractivity contribution in [3.05, 3.63) is 17.2 Å². The number of nitrogens with zero attached hydrogens (tertiary/aromatic N) is 1. The molecule has 0 fully saturated rings. The lowest BCUT2D eigenvalue weighted by molar-refractivity contribution is 0.279. The Bertz CT molecular complexity index is 608. The normalized spacial score (nSPS) is 15.7. The molecule has 1 aliphatic rings. The van der Waals surface area contributed by atoms with Crippen LogP contribution >= 0.6 is 0 Å². The summed E-state index contributed by atoms with van der Waals surface area (Å²) in [4.78, 5) is 4.73. The summed E-state index contributed by atoms with van der Waals surface area (Å²) in [6, 6.07) is 1.95. The molecule has 134 valence electrons. The van der Waals surface area contributed by atoms with Gasteiger partial charge in [-0.15, -0.1) is 0 Å². The lowest BCUT2D eigenvalue weighted by Crippen LogP contribution is -2.17. The van der Waals surface area contributed by atoms with Gasteiger partial charge < -0.3 is 18.9 Å². The van der Waals surface area contributed by atoms with Gasteiger partial charge in [-0.2, -0.15) is 0 Å². The smallest absolute Gasteiger partial charge is 0.217 e. The Kier molecular flexibility index (Phi) is 5.97. The zero-order chi connectivity index (χ0) is 17.7. The molecule has 0 spiro atoms. The lowest BCUT2D eigenvalue weighted by Gasteiger charge is -2.19. The highest BCUT2D eigenvalue weighted by molar-refractivity contribution is 5.98. The second-order valence-electron chi connectivity index (χ2n) is 6.65. The van der Waals surface area contributed by atoms with Crippen molar-refractivity contribution in [1.29, 1.82) is 0 Å².